The average molecular weight is 479 g/mol. The van der Waals surface area contributed by atoms with Crippen molar-refractivity contribution in [2.75, 3.05) is 20.2 Å². The van der Waals surface area contributed by atoms with Crippen molar-refractivity contribution in [1.82, 2.24) is 20.1 Å². The highest BCUT2D eigenvalue weighted by molar-refractivity contribution is 6.32. The molecule has 4 aromatic rings. The predicted octanol–water partition coefficient (Wildman–Crippen LogP) is 5.05. The fourth-order valence-corrected chi connectivity index (χ4v) is 3.33. The van der Waals surface area contributed by atoms with Gasteiger partial charge in [-0.3, -0.25) is 4.79 Å². The molecule has 0 aliphatic rings. The first-order valence-corrected chi connectivity index (χ1v) is 10.4. The lowest BCUT2D eigenvalue weighted by atomic mass is 10.1. The highest BCUT2D eigenvalue weighted by atomic mass is 35.5. The fraction of sp³-hybridized carbons (Fsp3) is 0.217. The Kier molecular flexibility index (Phi) is 8.13. The number of aldehydes is 1. The summed E-state index contributed by atoms with van der Waals surface area (Å²) in [5, 5.41) is 8.14. The van der Waals surface area contributed by atoms with E-state index in [1.807, 2.05) is 7.05 Å². The van der Waals surface area contributed by atoms with Gasteiger partial charge >= 0.3 is 6.18 Å². The van der Waals surface area contributed by atoms with Gasteiger partial charge in [-0.1, -0.05) is 41.9 Å². The van der Waals surface area contributed by atoms with Crippen LogP contribution in [0, 0.1) is 0 Å². The number of benzene rings is 2. The van der Waals surface area contributed by atoms with Crippen LogP contribution >= 0.6 is 11.6 Å². The van der Waals surface area contributed by atoms with E-state index in [-0.39, 0.29) is 23.2 Å². The SMILES string of the molecule is CNCCc1c[nH]c2ccccc12.O=CCOc1cc(C(F)(F)F)nn1-c1ccccc1Cl. The van der Waals surface area contributed by atoms with E-state index >= 15 is 0 Å². The summed E-state index contributed by atoms with van der Waals surface area (Å²) in [4.78, 5) is 13.6. The second-order valence-electron chi connectivity index (χ2n) is 6.92. The molecular weight excluding hydrogens is 457 g/mol. The summed E-state index contributed by atoms with van der Waals surface area (Å²) in [6.07, 6.45) is -1.01. The van der Waals surface area contributed by atoms with E-state index in [9.17, 15) is 18.0 Å². The molecular formula is C23H22ClF3N4O2. The highest BCUT2D eigenvalue weighted by Crippen LogP contribution is 2.33. The number of carbonyl (C=O) groups excluding carboxylic acids is 1. The van der Waals surface area contributed by atoms with Crippen molar-refractivity contribution in [3.05, 3.63) is 77.1 Å². The molecule has 2 N–H and O–H groups in total. The van der Waals surface area contributed by atoms with Gasteiger partial charge < -0.3 is 15.0 Å². The minimum absolute atomic E-state index is 0.209. The molecule has 0 fully saturated rings. The summed E-state index contributed by atoms with van der Waals surface area (Å²) in [6.45, 7) is 0.648. The quantitative estimate of drug-likeness (QED) is 0.364. The Morgan fingerprint density at radius 1 is 1.18 bits per heavy atom. The van der Waals surface area contributed by atoms with Gasteiger partial charge in [0.05, 0.1) is 10.7 Å². The van der Waals surface area contributed by atoms with Gasteiger partial charge in [-0.15, -0.1) is 0 Å². The second-order valence-corrected chi connectivity index (χ2v) is 7.33. The molecule has 0 atom stereocenters. The normalized spacial score (nSPS) is 11.2. The first-order chi connectivity index (χ1) is 15.8. The number of carbonyl (C=O) groups is 1. The molecule has 0 bridgehead atoms. The summed E-state index contributed by atoms with van der Waals surface area (Å²) in [5.41, 5.74) is 1.72. The van der Waals surface area contributed by atoms with Crippen LogP contribution in [0.2, 0.25) is 5.02 Å². The van der Waals surface area contributed by atoms with Gasteiger partial charge in [0.25, 0.3) is 0 Å². The molecule has 2 aromatic heterocycles. The molecule has 2 heterocycles. The third-order valence-electron chi connectivity index (χ3n) is 4.67. The molecule has 0 radical (unpaired) electrons. The number of likely N-dealkylation sites (N-methyl/N-ethyl adjacent to an activating group) is 1. The number of hydrogen-bond donors (Lipinski definition) is 2. The molecule has 0 aliphatic carbocycles. The van der Waals surface area contributed by atoms with Gasteiger partial charge in [0.15, 0.2) is 12.0 Å². The number of fused-ring (bicyclic) bond motifs is 1. The molecule has 0 spiro atoms. The van der Waals surface area contributed by atoms with E-state index in [4.69, 9.17) is 16.3 Å². The molecule has 174 valence electrons. The number of halogens is 4. The Bertz CT molecular complexity index is 1200. The lowest BCUT2D eigenvalue weighted by Crippen LogP contribution is -2.09. The predicted molar refractivity (Wildman–Crippen MR) is 121 cm³/mol. The van der Waals surface area contributed by atoms with Crippen LogP contribution in [0.3, 0.4) is 0 Å². The van der Waals surface area contributed by atoms with E-state index < -0.39 is 11.9 Å². The summed E-state index contributed by atoms with van der Waals surface area (Å²) in [6, 6.07) is 15.4. The van der Waals surface area contributed by atoms with Crippen molar-refractivity contribution in [3.63, 3.8) is 0 Å². The third-order valence-corrected chi connectivity index (χ3v) is 4.99. The van der Waals surface area contributed by atoms with Crippen LogP contribution < -0.4 is 10.1 Å². The highest BCUT2D eigenvalue weighted by Gasteiger charge is 2.35. The van der Waals surface area contributed by atoms with Gasteiger partial charge in [-0.2, -0.15) is 23.0 Å². The van der Waals surface area contributed by atoms with E-state index in [1.165, 1.54) is 28.6 Å². The number of H-pyrrole nitrogens is 1. The maximum atomic E-state index is 12.7. The molecule has 0 aliphatic heterocycles. The topological polar surface area (TPSA) is 71.9 Å². The van der Waals surface area contributed by atoms with Crippen LogP contribution in [0.4, 0.5) is 13.2 Å². The lowest BCUT2D eigenvalue weighted by Gasteiger charge is -2.08. The molecule has 6 nitrogen and oxygen atoms in total. The van der Waals surface area contributed by atoms with Crippen molar-refractivity contribution >= 4 is 28.8 Å². The zero-order valence-electron chi connectivity index (χ0n) is 17.7. The Morgan fingerprint density at radius 2 is 1.91 bits per heavy atom. The number of ether oxygens (including phenoxy) is 1. The van der Waals surface area contributed by atoms with Crippen molar-refractivity contribution in [3.8, 4) is 11.6 Å². The molecule has 2 aromatic carbocycles. The van der Waals surface area contributed by atoms with Gasteiger partial charge in [0.1, 0.15) is 6.61 Å². The zero-order valence-corrected chi connectivity index (χ0v) is 18.5. The minimum atomic E-state index is -4.62. The fourth-order valence-electron chi connectivity index (χ4n) is 3.12. The Balaban J connectivity index is 0.000000203. The third kappa shape index (κ3) is 6.15. The van der Waals surface area contributed by atoms with Crippen molar-refractivity contribution < 1.29 is 22.7 Å². The number of para-hydroxylation sites is 2. The van der Waals surface area contributed by atoms with Crippen LogP contribution in [0.25, 0.3) is 16.6 Å². The monoisotopic (exact) mass is 478 g/mol. The number of nitrogens with one attached hydrogen (secondary N) is 2. The molecule has 10 heteroatoms. The van der Waals surface area contributed by atoms with E-state index in [2.05, 4.69) is 45.9 Å². The van der Waals surface area contributed by atoms with Crippen LogP contribution in [0.5, 0.6) is 5.88 Å². The van der Waals surface area contributed by atoms with Crippen molar-refractivity contribution in [1.29, 1.82) is 0 Å². The lowest BCUT2D eigenvalue weighted by molar-refractivity contribution is -0.141. The number of rotatable bonds is 7. The second kappa shape index (κ2) is 11.0. The Labute approximate surface area is 193 Å². The number of aromatic amines is 1. The number of hydrogen-bond acceptors (Lipinski definition) is 4. The largest absolute Gasteiger partial charge is 0.470 e. The maximum absolute atomic E-state index is 12.7. The van der Waals surface area contributed by atoms with E-state index in [0.29, 0.717) is 12.4 Å². The molecule has 4 rings (SSSR count). The smallest absolute Gasteiger partial charge is 0.435 e. The summed E-state index contributed by atoms with van der Waals surface area (Å²) in [5.74, 6) is -0.211. The maximum Gasteiger partial charge on any atom is 0.435 e. The molecule has 0 saturated heterocycles. The van der Waals surface area contributed by atoms with Crippen LogP contribution in [-0.2, 0) is 17.4 Å². The first kappa shape index (κ1) is 24.3. The first-order valence-electron chi connectivity index (χ1n) is 10.0. The van der Waals surface area contributed by atoms with E-state index in [0.717, 1.165) is 17.6 Å². The average Bonchev–Trinajstić information content (AvgIpc) is 3.41. The number of alkyl halides is 3. The number of nitrogens with zero attached hydrogens (tertiary/aromatic N) is 2. The van der Waals surface area contributed by atoms with Crippen molar-refractivity contribution in [2.45, 2.75) is 12.6 Å². The van der Waals surface area contributed by atoms with Gasteiger partial charge in [-0.05, 0) is 43.8 Å². The Hall–Kier alpha value is -3.30. The van der Waals surface area contributed by atoms with Gasteiger partial charge in [0, 0.05) is 23.2 Å². The molecule has 0 amide bonds. The number of aromatic nitrogens is 3. The Morgan fingerprint density at radius 3 is 2.61 bits per heavy atom. The standard InChI is InChI=1S/C12H8ClF3N2O2.C11H14N2/c13-8-3-1-2-4-9(8)18-11(20-6-5-19)7-10(17-18)12(14,15)16;1-12-7-6-9-8-13-11-5-3-2-4-10(9)11/h1-5,7H,6H2;2-5,8,12-13H,6-7H2,1H3. The van der Waals surface area contributed by atoms with Gasteiger partial charge in [0.2, 0.25) is 5.88 Å². The van der Waals surface area contributed by atoms with Crippen LogP contribution in [0.15, 0.2) is 60.8 Å². The molecule has 0 unspecified atom stereocenters. The summed E-state index contributed by atoms with van der Waals surface area (Å²) < 4.78 is 43.9. The van der Waals surface area contributed by atoms with Crippen LogP contribution in [-0.4, -0.2) is 41.2 Å². The summed E-state index contributed by atoms with van der Waals surface area (Å²) >= 11 is 5.92. The molecule has 33 heavy (non-hydrogen) atoms. The summed E-state index contributed by atoms with van der Waals surface area (Å²) in [7, 11) is 1.98. The van der Waals surface area contributed by atoms with E-state index in [1.54, 1.807) is 12.1 Å². The minimum Gasteiger partial charge on any atom is -0.470 e. The molecule has 0 saturated carbocycles. The van der Waals surface area contributed by atoms with Gasteiger partial charge in [-0.25, -0.2) is 0 Å². The van der Waals surface area contributed by atoms with Crippen LogP contribution in [0.1, 0.15) is 11.3 Å². The van der Waals surface area contributed by atoms with Crippen molar-refractivity contribution in [2.24, 2.45) is 0 Å². The zero-order chi connectivity index (χ0) is 23.8.